The normalized spacial score (nSPS) is 27.3. The lowest BCUT2D eigenvalue weighted by Crippen LogP contribution is -2.69. The van der Waals surface area contributed by atoms with Gasteiger partial charge < -0.3 is 15.4 Å². The third kappa shape index (κ3) is 4.37. The Hall–Kier alpha value is -0.870. The summed E-state index contributed by atoms with van der Waals surface area (Å²) in [7, 11) is -3.20. The van der Waals surface area contributed by atoms with Gasteiger partial charge in [-0.3, -0.25) is 0 Å². The number of guanidine groups is 1. The average Bonchev–Trinajstić information content (AvgIpc) is 3.31. The van der Waals surface area contributed by atoms with E-state index >= 15 is 0 Å². The summed E-state index contributed by atoms with van der Waals surface area (Å²) in [5.41, 5.74) is 2.07. The Morgan fingerprint density at radius 3 is 2.67 bits per heavy atom. The monoisotopic (exact) mass is 547 g/mol. The van der Waals surface area contributed by atoms with Crippen LogP contribution in [0.1, 0.15) is 50.2 Å². The van der Waals surface area contributed by atoms with Gasteiger partial charge in [0.05, 0.1) is 17.5 Å². The van der Waals surface area contributed by atoms with Gasteiger partial charge in [0.1, 0.15) is 0 Å². The van der Waals surface area contributed by atoms with Gasteiger partial charge in [0.15, 0.2) is 15.8 Å². The van der Waals surface area contributed by atoms with Crippen molar-refractivity contribution in [2.45, 2.75) is 69.5 Å². The molecule has 3 fully saturated rings. The zero-order chi connectivity index (χ0) is 20.6. The first-order valence-electron chi connectivity index (χ1n) is 10.8. The van der Waals surface area contributed by atoms with Gasteiger partial charge in [0.2, 0.25) is 0 Å². The van der Waals surface area contributed by atoms with E-state index in [-0.39, 0.29) is 29.4 Å². The summed E-state index contributed by atoms with van der Waals surface area (Å²) >= 11 is 0. The van der Waals surface area contributed by atoms with Crippen LogP contribution in [-0.2, 0) is 21.1 Å². The van der Waals surface area contributed by atoms with Crippen molar-refractivity contribution in [3.63, 3.8) is 0 Å². The maximum Gasteiger partial charge on any atom is 0.191 e. The van der Waals surface area contributed by atoms with Gasteiger partial charge >= 0.3 is 0 Å². The number of aryl methyl sites for hydroxylation is 1. The molecule has 2 saturated carbocycles. The largest absolute Gasteiger partial charge is 0.377 e. The standard InChI is InChI=1S/C22H33N3O3S.HI/c1-4-23-21(24-14-16-7-8-18(15(2)13-16)29(3,26)27)25-19-17-9-12-28-20(17)22(19)10-5-6-11-22;/h7-8,13,17,19-20H,4-6,9-12,14H2,1-3H3,(H2,23,24,25);1H. The third-order valence-electron chi connectivity index (χ3n) is 6.98. The molecule has 0 radical (unpaired) electrons. The van der Waals surface area contributed by atoms with E-state index in [4.69, 9.17) is 9.73 Å². The molecule has 0 aromatic heterocycles. The minimum absolute atomic E-state index is 0. The van der Waals surface area contributed by atoms with Crippen molar-refractivity contribution in [3.05, 3.63) is 29.3 Å². The fourth-order valence-electron chi connectivity index (χ4n) is 5.77. The number of fused-ring (bicyclic) bond motifs is 2. The third-order valence-corrected chi connectivity index (χ3v) is 8.24. The molecule has 3 atom stereocenters. The molecule has 0 bridgehead atoms. The van der Waals surface area contributed by atoms with E-state index in [1.165, 1.54) is 31.9 Å². The predicted octanol–water partition coefficient (Wildman–Crippen LogP) is 3.42. The highest BCUT2D eigenvalue weighted by atomic mass is 127. The quantitative estimate of drug-likeness (QED) is 0.336. The van der Waals surface area contributed by atoms with Crippen molar-refractivity contribution < 1.29 is 13.2 Å². The Balaban J connectivity index is 0.00000256. The summed E-state index contributed by atoms with van der Waals surface area (Å²) in [5.74, 6) is 1.44. The topological polar surface area (TPSA) is 79.8 Å². The number of benzene rings is 1. The number of nitrogens with zero attached hydrogens (tertiary/aromatic N) is 1. The Bertz CT molecular complexity index is 897. The average molecular weight is 548 g/mol. The Morgan fingerprint density at radius 1 is 1.30 bits per heavy atom. The summed E-state index contributed by atoms with van der Waals surface area (Å²) in [6.45, 7) is 6.13. The van der Waals surface area contributed by atoms with Gasteiger partial charge in [-0.15, -0.1) is 24.0 Å². The Kier molecular flexibility index (Phi) is 7.39. The van der Waals surface area contributed by atoms with E-state index in [0.29, 0.717) is 29.5 Å². The molecule has 1 aromatic rings. The van der Waals surface area contributed by atoms with E-state index in [1.54, 1.807) is 6.07 Å². The second kappa shape index (κ2) is 9.32. The number of hydrogen-bond acceptors (Lipinski definition) is 4. The van der Waals surface area contributed by atoms with E-state index in [9.17, 15) is 8.42 Å². The molecule has 1 spiro atoms. The molecule has 1 aromatic carbocycles. The first-order chi connectivity index (χ1) is 13.8. The summed E-state index contributed by atoms with van der Waals surface area (Å²) in [6.07, 6.45) is 7.90. The van der Waals surface area contributed by atoms with Crippen molar-refractivity contribution in [3.8, 4) is 0 Å². The van der Waals surface area contributed by atoms with Crippen LogP contribution in [0.3, 0.4) is 0 Å². The number of nitrogens with one attached hydrogen (secondary N) is 2. The van der Waals surface area contributed by atoms with Gasteiger partial charge in [-0.1, -0.05) is 25.0 Å². The minimum atomic E-state index is -3.20. The fourth-order valence-corrected chi connectivity index (χ4v) is 6.73. The number of halogens is 1. The highest BCUT2D eigenvalue weighted by Crippen LogP contribution is 2.60. The zero-order valence-corrected chi connectivity index (χ0v) is 21.3. The molecule has 30 heavy (non-hydrogen) atoms. The second-order valence-corrected chi connectivity index (χ2v) is 10.9. The molecule has 6 nitrogen and oxygen atoms in total. The van der Waals surface area contributed by atoms with Crippen molar-refractivity contribution in [2.24, 2.45) is 16.3 Å². The highest BCUT2D eigenvalue weighted by molar-refractivity contribution is 14.0. The Labute approximate surface area is 197 Å². The zero-order valence-electron chi connectivity index (χ0n) is 18.1. The number of aliphatic imine (C=N–C) groups is 1. The molecule has 4 rings (SSSR count). The van der Waals surface area contributed by atoms with Crippen molar-refractivity contribution in [1.82, 2.24) is 10.6 Å². The van der Waals surface area contributed by atoms with Gasteiger partial charge in [-0.2, -0.15) is 0 Å². The molecule has 168 valence electrons. The van der Waals surface area contributed by atoms with Gasteiger partial charge in [-0.25, -0.2) is 13.4 Å². The van der Waals surface area contributed by atoms with Gasteiger partial charge in [-0.05, 0) is 50.3 Å². The lowest BCUT2D eigenvalue weighted by atomic mass is 9.54. The van der Waals surface area contributed by atoms with Crippen molar-refractivity contribution in [1.29, 1.82) is 0 Å². The van der Waals surface area contributed by atoms with Crippen molar-refractivity contribution in [2.75, 3.05) is 19.4 Å². The minimum Gasteiger partial charge on any atom is -0.377 e. The van der Waals surface area contributed by atoms with Crippen LogP contribution < -0.4 is 10.6 Å². The van der Waals surface area contributed by atoms with Crippen LogP contribution in [-0.4, -0.2) is 45.9 Å². The lowest BCUT2D eigenvalue weighted by molar-refractivity contribution is -0.125. The van der Waals surface area contributed by atoms with Crippen LogP contribution in [0.25, 0.3) is 0 Å². The maximum absolute atomic E-state index is 11.8. The van der Waals surface area contributed by atoms with Crippen LogP contribution >= 0.6 is 24.0 Å². The van der Waals surface area contributed by atoms with E-state index < -0.39 is 9.84 Å². The summed E-state index contributed by atoms with van der Waals surface area (Å²) in [5, 5.41) is 7.13. The van der Waals surface area contributed by atoms with Gasteiger partial charge in [0, 0.05) is 36.8 Å². The van der Waals surface area contributed by atoms with Crippen molar-refractivity contribution >= 4 is 39.8 Å². The molecular weight excluding hydrogens is 513 g/mol. The van der Waals surface area contributed by atoms with Crippen LogP contribution in [0, 0.1) is 18.3 Å². The molecule has 8 heteroatoms. The number of sulfone groups is 1. The number of hydrogen-bond donors (Lipinski definition) is 2. The SMILES string of the molecule is CCNC(=NCc1ccc(S(C)(=O)=O)c(C)c1)NC1C2CCOC2C12CCCC2.I. The maximum atomic E-state index is 11.8. The molecule has 1 heterocycles. The van der Waals surface area contributed by atoms with Crippen LogP contribution in [0.5, 0.6) is 0 Å². The molecule has 3 unspecified atom stereocenters. The first kappa shape index (κ1) is 23.8. The molecule has 2 N–H and O–H groups in total. The molecule has 1 aliphatic heterocycles. The second-order valence-electron chi connectivity index (χ2n) is 8.87. The molecule has 0 amide bonds. The van der Waals surface area contributed by atoms with Gasteiger partial charge in [0.25, 0.3) is 0 Å². The predicted molar refractivity (Wildman–Crippen MR) is 130 cm³/mol. The van der Waals surface area contributed by atoms with Crippen LogP contribution in [0.4, 0.5) is 0 Å². The number of ether oxygens (including phenoxy) is 1. The van der Waals surface area contributed by atoms with Crippen LogP contribution in [0.15, 0.2) is 28.1 Å². The summed E-state index contributed by atoms with van der Waals surface area (Å²) < 4.78 is 29.8. The molecule has 3 aliphatic rings. The lowest BCUT2D eigenvalue weighted by Gasteiger charge is -2.57. The molecule has 1 saturated heterocycles. The van der Waals surface area contributed by atoms with Crippen LogP contribution in [0.2, 0.25) is 0 Å². The molecular formula is C22H34IN3O3S. The number of rotatable bonds is 5. The fraction of sp³-hybridized carbons (Fsp3) is 0.682. The molecule has 2 aliphatic carbocycles. The van der Waals surface area contributed by atoms with E-state index in [1.807, 2.05) is 19.1 Å². The summed E-state index contributed by atoms with van der Waals surface area (Å²) in [6, 6.07) is 5.91. The summed E-state index contributed by atoms with van der Waals surface area (Å²) in [4.78, 5) is 5.20. The highest BCUT2D eigenvalue weighted by Gasteiger charge is 2.65. The Morgan fingerprint density at radius 2 is 2.03 bits per heavy atom. The first-order valence-corrected chi connectivity index (χ1v) is 12.7. The smallest absolute Gasteiger partial charge is 0.191 e. The van der Waals surface area contributed by atoms with E-state index in [2.05, 4.69) is 17.6 Å². The van der Waals surface area contributed by atoms with E-state index in [0.717, 1.165) is 36.7 Å².